The number of amides is 1. The lowest BCUT2D eigenvalue weighted by atomic mass is 9.69. The topological polar surface area (TPSA) is 75.6 Å². The predicted molar refractivity (Wildman–Crippen MR) is 83.4 cm³/mol. The maximum Gasteiger partial charge on any atom is 0.293 e. The van der Waals surface area contributed by atoms with Crippen molar-refractivity contribution in [2.24, 2.45) is 11.8 Å². The molecule has 124 valence electrons. The third-order valence-electron chi connectivity index (χ3n) is 5.37. The van der Waals surface area contributed by atoms with Gasteiger partial charge in [-0.1, -0.05) is 12.2 Å². The molecule has 2 rings (SSSR count). The van der Waals surface area contributed by atoms with Gasteiger partial charge in [0.2, 0.25) is 5.91 Å². The lowest BCUT2D eigenvalue weighted by molar-refractivity contribution is -0.162. The van der Waals surface area contributed by atoms with E-state index in [4.69, 9.17) is 16.3 Å². The van der Waals surface area contributed by atoms with Crippen molar-refractivity contribution < 1.29 is 19.4 Å². The van der Waals surface area contributed by atoms with Crippen LogP contribution in [0.5, 0.6) is 0 Å². The Bertz CT molecular complexity index is 469. The van der Waals surface area contributed by atoms with E-state index in [-0.39, 0.29) is 17.7 Å². The number of aliphatic hydroxyl groups is 1. The van der Waals surface area contributed by atoms with Crippen LogP contribution in [0.3, 0.4) is 0 Å². The first-order valence-electron chi connectivity index (χ1n) is 7.75. The van der Waals surface area contributed by atoms with E-state index in [0.29, 0.717) is 12.9 Å². The Morgan fingerprint density at radius 1 is 1.59 bits per heavy atom. The van der Waals surface area contributed by atoms with Gasteiger partial charge < -0.3 is 15.2 Å². The molecule has 1 saturated heterocycles. The Hall–Kier alpha value is -1.07. The quantitative estimate of drug-likeness (QED) is 0.442. The summed E-state index contributed by atoms with van der Waals surface area (Å²) in [7, 11) is 0. The molecule has 2 N–H and O–H groups in total. The van der Waals surface area contributed by atoms with E-state index in [2.05, 4.69) is 5.32 Å². The number of hydrogen-bond acceptors (Lipinski definition) is 4. The zero-order chi connectivity index (χ0) is 16.4. The number of hydrogen-bond donors (Lipinski definition) is 2. The van der Waals surface area contributed by atoms with Gasteiger partial charge in [0.25, 0.3) is 6.47 Å². The molecule has 1 aliphatic carbocycles. The fraction of sp³-hybridized carbons (Fsp3) is 0.750. The van der Waals surface area contributed by atoms with Crippen molar-refractivity contribution in [3.63, 3.8) is 0 Å². The second-order valence-corrected chi connectivity index (χ2v) is 6.89. The monoisotopic (exact) mass is 329 g/mol. The van der Waals surface area contributed by atoms with Crippen molar-refractivity contribution in [2.45, 2.75) is 56.8 Å². The van der Waals surface area contributed by atoms with Crippen LogP contribution in [-0.2, 0) is 14.3 Å². The molecule has 0 radical (unpaired) electrons. The summed E-state index contributed by atoms with van der Waals surface area (Å²) in [6, 6.07) is 0. The lowest BCUT2D eigenvalue weighted by Gasteiger charge is -2.45. The van der Waals surface area contributed by atoms with Crippen molar-refractivity contribution in [3.05, 3.63) is 12.2 Å². The summed E-state index contributed by atoms with van der Waals surface area (Å²) < 4.78 is 5.35. The molecule has 2 aliphatic rings. The van der Waals surface area contributed by atoms with Crippen LogP contribution < -0.4 is 5.32 Å². The normalized spacial score (nSPS) is 39.4. The van der Waals surface area contributed by atoms with Gasteiger partial charge in [-0.05, 0) is 39.5 Å². The molecule has 0 saturated carbocycles. The number of nitrogens with one attached hydrogen (secondary N) is 1. The Labute approximate surface area is 136 Å². The van der Waals surface area contributed by atoms with Crippen LogP contribution in [0.2, 0.25) is 0 Å². The highest BCUT2D eigenvalue weighted by atomic mass is 35.5. The van der Waals surface area contributed by atoms with Gasteiger partial charge in [-0.15, -0.1) is 11.6 Å². The molecule has 1 fully saturated rings. The van der Waals surface area contributed by atoms with Crippen molar-refractivity contribution in [2.75, 3.05) is 5.88 Å². The molecule has 0 aromatic rings. The van der Waals surface area contributed by atoms with Gasteiger partial charge in [-0.25, -0.2) is 0 Å². The highest BCUT2D eigenvalue weighted by Crippen LogP contribution is 2.45. The summed E-state index contributed by atoms with van der Waals surface area (Å²) in [5.74, 6) is -0.581. The Balaban J connectivity index is 2.36. The highest BCUT2D eigenvalue weighted by molar-refractivity contribution is 6.18. The molecule has 0 aromatic carbocycles. The largest absolute Gasteiger partial charge is 0.458 e. The van der Waals surface area contributed by atoms with Crippen molar-refractivity contribution >= 4 is 24.0 Å². The molecule has 1 aliphatic heterocycles. The van der Waals surface area contributed by atoms with Crippen LogP contribution in [0, 0.1) is 11.8 Å². The Kier molecular flexibility index (Phi) is 5.17. The molecule has 22 heavy (non-hydrogen) atoms. The first-order chi connectivity index (χ1) is 10.4. The van der Waals surface area contributed by atoms with Crippen LogP contribution in [0.25, 0.3) is 0 Å². The minimum Gasteiger partial charge on any atom is -0.458 e. The van der Waals surface area contributed by atoms with Gasteiger partial charge in [0.1, 0.15) is 11.1 Å². The van der Waals surface area contributed by atoms with Crippen LogP contribution in [-0.4, -0.2) is 40.6 Å². The molecular weight excluding hydrogens is 306 g/mol. The maximum absolute atomic E-state index is 12.4. The van der Waals surface area contributed by atoms with Crippen molar-refractivity contribution in [1.82, 2.24) is 5.32 Å². The van der Waals surface area contributed by atoms with E-state index in [1.807, 2.05) is 12.2 Å². The summed E-state index contributed by atoms with van der Waals surface area (Å²) in [6.07, 6.45) is 6.44. The smallest absolute Gasteiger partial charge is 0.293 e. The molecule has 5 unspecified atom stereocenters. The summed E-state index contributed by atoms with van der Waals surface area (Å²) in [4.78, 5) is 23.4. The highest BCUT2D eigenvalue weighted by Gasteiger charge is 2.64. The van der Waals surface area contributed by atoms with E-state index in [1.165, 1.54) is 0 Å². The van der Waals surface area contributed by atoms with E-state index in [1.54, 1.807) is 13.8 Å². The van der Waals surface area contributed by atoms with Crippen molar-refractivity contribution in [3.8, 4) is 0 Å². The van der Waals surface area contributed by atoms with Crippen molar-refractivity contribution in [1.29, 1.82) is 0 Å². The van der Waals surface area contributed by atoms with E-state index in [0.717, 1.165) is 19.3 Å². The SMILES string of the molecule is CC1(C(O)C2C=CCCC2)NC(=O)C(CCCl)C1(C)OC=O. The average molecular weight is 330 g/mol. The molecule has 0 aromatic heterocycles. The first-order valence-corrected chi connectivity index (χ1v) is 8.28. The molecular formula is C16H24ClNO4. The number of allylic oxidation sites excluding steroid dienone is 1. The molecule has 1 heterocycles. The number of carbonyl (C=O) groups excluding carboxylic acids is 2. The van der Waals surface area contributed by atoms with Gasteiger partial charge in [-0.2, -0.15) is 0 Å². The number of carbonyl (C=O) groups is 2. The van der Waals surface area contributed by atoms with Gasteiger partial charge >= 0.3 is 0 Å². The third-order valence-corrected chi connectivity index (χ3v) is 5.59. The second kappa shape index (κ2) is 6.59. The minimum absolute atomic E-state index is 0.0663. The number of halogens is 1. The van der Waals surface area contributed by atoms with E-state index in [9.17, 15) is 14.7 Å². The number of alkyl halides is 1. The summed E-state index contributed by atoms with van der Waals surface area (Å²) in [5, 5.41) is 13.8. The average Bonchev–Trinajstić information content (AvgIpc) is 2.70. The predicted octanol–water partition coefficient (Wildman–Crippen LogP) is 1.77. The van der Waals surface area contributed by atoms with E-state index >= 15 is 0 Å². The van der Waals surface area contributed by atoms with Crippen LogP contribution in [0.15, 0.2) is 12.2 Å². The van der Waals surface area contributed by atoms with Gasteiger partial charge in [0.05, 0.1) is 12.0 Å². The number of rotatable bonds is 6. The number of ether oxygens (including phenoxy) is 1. The zero-order valence-corrected chi connectivity index (χ0v) is 13.8. The van der Waals surface area contributed by atoms with Crippen LogP contribution in [0.1, 0.15) is 39.5 Å². The fourth-order valence-electron chi connectivity index (χ4n) is 3.80. The second-order valence-electron chi connectivity index (χ2n) is 6.51. The lowest BCUT2D eigenvalue weighted by Crippen LogP contribution is -2.64. The zero-order valence-electron chi connectivity index (χ0n) is 13.0. The van der Waals surface area contributed by atoms with Crippen LogP contribution in [0.4, 0.5) is 0 Å². The molecule has 6 heteroatoms. The fourth-order valence-corrected chi connectivity index (χ4v) is 4.02. The maximum atomic E-state index is 12.4. The summed E-state index contributed by atoms with van der Waals surface area (Å²) >= 11 is 5.80. The Morgan fingerprint density at radius 3 is 2.86 bits per heavy atom. The van der Waals surface area contributed by atoms with Gasteiger partial charge in [0.15, 0.2) is 0 Å². The minimum atomic E-state index is -1.13. The van der Waals surface area contributed by atoms with Gasteiger partial charge in [0, 0.05) is 11.8 Å². The Morgan fingerprint density at radius 2 is 2.32 bits per heavy atom. The molecule has 5 nitrogen and oxygen atoms in total. The first kappa shape index (κ1) is 17.3. The third kappa shape index (κ3) is 2.65. The summed E-state index contributed by atoms with van der Waals surface area (Å²) in [5.41, 5.74) is -2.18. The molecule has 0 spiro atoms. The summed E-state index contributed by atoms with van der Waals surface area (Å²) in [6.45, 7) is 3.80. The molecule has 1 amide bonds. The molecule has 0 bridgehead atoms. The number of aliphatic hydroxyl groups excluding tert-OH is 1. The molecule has 5 atom stereocenters. The van der Waals surface area contributed by atoms with Crippen LogP contribution >= 0.6 is 11.6 Å². The standard InChI is InChI=1S/C16H24ClNO4/c1-15(13(20)11-6-4-3-5-7-11)16(2,22-10-19)12(8-9-17)14(21)18-15/h4,6,10-13,20H,3,5,7-9H2,1-2H3,(H,18,21). The van der Waals surface area contributed by atoms with Gasteiger partial charge in [-0.3, -0.25) is 9.59 Å². The van der Waals surface area contributed by atoms with E-state index < -0.39 is 23.2 Å².